The van der Waals surface area contributed by atoms with Gasteiger partial charge in [0.15, 0.2) is 0 Å². The Kier molecular flexibility index (Phi) is 3.39. The minimum atomic E-state index is 0.499. The van der Waals surface area contributed by atoms with Gasteiger partial charge in [-0.25, -0.2) is 4.98 Å². The normalized spacial score (nSPS) is 9.61. The Morgan fingerprint density at radius 1 is 1.28 bits per heavy atom. The second-order valence-electron chi connectivity index (χ2n) is 3.67. The Labute approximate surface area is 105 Å². The molecular formula is C13H12N4O. The number of hydrogen-bond acceptors (Lipinski definition) is 5. The van der Waals surface area contributed by atoms with Crippen LogP contribution in [0.15, 0.2) is 30.5 Å². The van der Waals surface area contributed by atoms with Crippen LogP contribution in [-0.2, 0) is 0 Å². The fourth-order valence-electron chi connectivity index (χ4n) is 1.36. The van der Waals surface area contributed by atoms with Crippen molar-refractivity contribution in [2.75, 3.05) is 12.4 Å². The van der Waals surface area contributed by atoms with E-state index >= 15 is 0 Å². The molecule has 0 amide bonds. The molecule has 0 fully saturated rings. The van der Waals surface area contributed by atoms with Gasteiger partial charge >= 0.3 is 0 Å². The van der Waals surface area contributed by atoms with Crippen molar-refractivity contribution in [2.45, 2.75) is 6.92 Å². The van der Waals surface area contributed by atoms with Gasteiger partial charge in [-0.2, -0.15) is 10.2 Å². The van der Waals surface area contributed by atoms with E-state index in [-0.39, 0.29) is 0 Å². The SMILES string of the molecule is CNc1ncc(C)c(Oc2ccc(C#N)cc2)n1. The highest BCUT2D eigenvalue weighted by molar-refractivity contribution is 5.38. The molecule has 0 aliphatic carbocycles. The maximum atomic E-state index is 8.71. The minimum absolute atomic E-state index is 0.499. The number of nitrogens with one attached hydrogen (secondary N) is 1. The van der Waals surface area contributed by atoms with Gasteiger partial charge in [-0.3, -0.25) is 0 Å². The Morgan fingerprint density at radius 3 is 2.61 bits per heavy atom. The van der Waals surface area contributed by atoms with Gasteiger partial charge in [-0.15, -0.1) is 0 Å². The summed E-state index contributed by atoms with van der Waals surface area (Å²) < 4.78 is 5.65. The number of hydrogen-bond donors (Lipinski definition) is 1. The zero-order valence-corrected chi connectivity index (χ0v) is 10.1. The van der Waals surface area contributed by atoms with E-state index in [4.69, 9.17) is 10.00 Å². The average Bonchev–Trinajstić information content (AvgIpc) is 2.42. The summed E-state index contributed by atoms with van der Waals surface area (Å²) in [6.45, 7) is 1.87. The summed E-state index contributed by atoms with van der Waals surface area (Å²) in [7, 11) is 1.75. The highest BCUT2D eigenvalue weighted by Crippen LogP contribution is 2.23. The molecule has 5 heteroatoms. The van der Waals surface area contributed by atoms with Crippen LogP contribution in [0.3, 0.4) is 0 Å². The van der Waals surface area contributed by atoms with Crippen LogP contribution in [0.2, 0.25) is 0 Å². The fraction of sp³-hybridized carbons (Fsp3) is 0.154. The number of aryl methyl sites for hydroxylation is 1. The van der Waals surface area contributed by atoms with E-state index < -0.39 is 0 Å². The number of ether oxygens (including phenoxy) is 1. The molecular weight excluding hydrogens is 228 g/mol. The minimum Gasteiger partial charge on any atom is -0.439 e. The van der Waals surface area contributed by atoms with E-state index in [0.29, 0.717) is 23.1 Å². The van der Waals surface area contributed by atoms with E-state index in [1.165, 1.54) is 0 Å². The summed E-state index contributed by atoms with van der Waals surface area (Å²) in [6.07, 6.45) is 1.69. The van der Waals surface area contributed by atoms with E-state index in [1.54, 1.807) is 37.5 Å². The van der Waals surface area contributed by atoms with Gasteiger partial charge in [-0.05, 0) is 31.2 Å². The lowest BCUT2D eigenvalue weighted by Gasteiger charge is -2.08. The molecule has 1 N–H and O–H groups in total. The van der Waals surface area contributed by atoms with Gasteiger partial charge in [-0.1, -0.05) is 0 Å². The number of nitriles is 1. The predicted octanol–water partition coefficient (Wildman–Crippen LogP) is 2.49. The van der Waals surface area contributed by atoms with Gasteiger partial charge in [0.05, 0.1) is 11.6 Å². The number of benzene rings is 1. The lowest BCUT2D eigenvalue weighted by Crippen LogP contribution is -1.99. The molecule has 0 unspecified atom stereocenters. The monoisotopic (exact) mass is 240 g/mol. The Hall–Kier alpha value is -2.61. The molecule has 1 aromatic heterocycles. The van der Waals surface area contributed by atoms with Crippen molar-refractivity contribution in [1.29, 1.82) is 5.26 Å². The molecule has 0 aliphatic heterocycles. The molecule has 2 rings (SSSR count). The summed E-state index contributed by atoms with van der Waals surface area (Å²) >= 11 is 0. The van der Waals surface area contributed by atoms with E-state index in [9.17, 15) is 0 Å². The first-order valence-electron chi connectivity index (χ1n) is 5.42. The molecule has 18 heavy (non-hydrogen) atoms. The van der Waals surface area contributed by atoms with Crippen molar-refractivity contribution in [3.63, 3.8) is 0 Å². The van der Waals surface area contributed by atoms with Crippen molar-refractivity contribution in [3.8, 4) is 17.7 Å². The molecule has 0 saturated heterocycles. The number of nitrogens with zero attached hydrogens (tertiary/aromatic N) is 3. The quantitative estimate of drug-likeness (QED) is 0.892. The van der Waals surface area contributed by atoms with Crippen LogP contribution >= 0.6 is 0 Å². The highest BCUT2D eigenvalue weighted by Gasteiger charge is 2.05. The predicted molar refractivity (Wildman–Crippen MR) is 67.5 cm³/mol. The van der Waals surface area contributed by atoms with Crippen LogP contribution < -0.4 is 10.1 Å². The second-order valence-corrected chi connectivity index (χ2v) is 3.67. The summed E-state index contributed by atoms with van der Waals surface area (Å²) in [5.41, 5.74) is 1.44. The standard InChI is InChI=1S/C13H12N4O/c1-9-8-16-13(15-2)17-12(9)18-11-5-3-10(7-14)4-6-11/h3-6,8H,1-2H3,(H,15,16,17). The van der Waals surface area contributed by atoms with Crippen molar-refractivity contribution in [3.05, 3.63) is 41.6 Å². The largest absolute Gasteiger partial charge is 0.439 e. The third kappa shape index (κ3) is 2.55. The number of aromatic nitrogens is 2. The molecule has 0 aliphatic rings. The highest BCUT2D eigenvalue weighted by atomic mass is 16.5. The molecule has 0 spiro atoms. The summed E-state index contributed by atoms with van der Waals surface area (Å²) in [6, 6.07) is 8.93. The van der Waals surface area contributed by atoms with Crippen LogP contribution in [0.1, 0.15) is 11.1 Å². The number of rotatable bonds is 3. The molecule has 0 atom stereocenters. The summed E-state index contributed by atoms with van der Waals surface area (Å²) in [5, 5.41) is 11.6. The van der Waals surface area contributed by atoms with Gasteiger partial charge in [0, 0.05) is 18.8 Å². The van der Waals surface area contributed by atoms with E-state index in [1.807, 2.05) is 6.92 Å². The lowest BCUT2D eigenvalue weighted by molar-refractivity contribution is 0.458. The van der Waals surface area contributed by atoms with E-state index in [2.05, 4.69) is 21.4 Å². The molecule has 0 saturated carbocycles. The Balaban J connectivity index is 2.25. The molecule has 1 aromatic carbocycles. The van der Waals surface area contributed by atoms with Crippen molar-refractivity contribution in [2.24, 2.45) is 0 Å². The van der Waals surface area contributed by atoms with Crippen LogP contribution in [0, 0.1) is 18.3 Å². The molecule has 0 bridgehead atoms. The maximum Gasteiger partial charge on any atom is 0.226 e. The molecule has 1 heterocycles. The first kappa shape index (κ1) is 11.9. The Morgan fingerprint density at radius 2 is 2.00 bits per heavy atom. The third-order valence-corrected chi connectivity index (χ3v) is 2.35. The smallest absolute Gasteiger partial charge is 0.226 e. The summed E-state index contributed by atoms with van der Waals surface area (Å²) in [5.74, 6) is 1.64. The van der Waals surface area contributed by atoms with Gasteiger partial charge in [0.2, 0.25) is 11.8 Å². The maximum absolute atomic E-state index is 8.71. The summed E-state index contributed by atoms with van der Waals surface area (Å²) in [4.78, 5) is 8.30. The topological polar surface area (TPSA) is 70.8 Å². The fourth-order valence-corrected chi connectivity index (χ4v) is 1.36. The van der Waals surface area contributed by atoms with Crippen LogP contribution in [0.25, 0.3) is 0 Å². The zero-order valence-electron chi connectivity index (χ0n) is 10.1. The van der Waals surface area contributed by atoms with Crippen molar-refractivity contribution in [1.82, 2.24) is 9.97 Å². The van der Waals surface area contributed by atoms with Crippen LogP contribution in [-0.4, -0.2) is 17.0 Å². The van der Waals surface area contributed by atoms with E-state index in [0.717, 1.165) is 5.56 Å². The molecule has 5 nitrogen and oxygen atoms in total. The number of anilines is 1. The zero-order chi connectivity index (χ0) is 13.0. The lowest BCUT2D eigenvalue weighted by atomic mass is 10.2. The first-order chi connectivity index (χ1) is 8.72. The van der Waals surface area contributed by atoms with Gasteiger partial charge in [0.1, 0.15) is 5.75 Å². The Bertz CT molecular complexity index is 587. The second kappa shape index (κ2) is 5.15. The third-order valence-electron chi connectivity index (χ3n) is 2.35. The van der Waals surface area contributed by atoms with Crippen LogP contribution in [0.5, 0.6) is 11.6 Å². The van der Waals surface area contributed by atoms with Crippen molar-refractivity contribution < 1.29 is 4.74 Å². The first-order valence-corrected chi connectivity index (χ1v) is 5.42. The van der Waals surface area contributed by atoms with Gasteiger partial charge in [0.25, 0.3) is 0 Å². The molecule has 0 radical (unpaired) electrons. The van der Waals surface area contributed by atoms with Crippen molar-refractivity contribution >= 4 is 5.95 Å². The van der Waals surface area contributed by atoms with Crippen LogP contribution in [0.4, 0.5) is 5.95 Å². The average molecular weight is 240 g/mol. The molecule has 2 aromatic rings. The molecule has 90 valence electrons. The van der Waals surface area contributed by atoms with Gasteiger partial charge < -0.3 is 10.1 Å².